The summed E-state index contributed by atoms with van der Waals surface area (Å²) in [7, 11) is 0. The smallest absolute Gasteiger partial charge is 0.225 e. The first-order valence-corrected chi connectivity index (χ1v) is 10.4. The molecule has 0 aromatic carbocycles. The number of aryl methyl sites for hydroxylation is 2. The normalized spacial score (nSPS) is 21.8. The zero-order chi connectivity index (χ0) is 17.8. The zero-order valence-electron chi connectivity index (χ0n) is 15.3. The lowest BCUT2D eigenvalue weighted by molar-refractivity contribution is -0.140. The van der Waals surface area contributed by atoms with Crippen LogP contribution in [0.15, 0.2) is 0 Å². The summed E-state index contributed by atoms with van der Waals surface area (Å²) in [6.45, 7) is 5.31. The van der Waals surface area contributed by atoms with Crippen molar-refractivity contribution in [2.24, 2.45) is 5.92 Å². The molecule has 1 saturated heterocycles. The average Bonchev–Trinajstić information content (AvgIpc) is 3.23. The lowest BCUT2D eigenvalue weighted by atomic mass is 9.95. The molecule has 1 saturated carbocycles. The van der Waals surface area contributed by atoms with Crippen molar-refractivity contribution in [3.8, 4) is 0 Å². The summed E-state index contributed by atoms with van der Waals surface area (Å²) in [5, 5.41) is 4.24. The molecule has 5 nitrogen and oxygen atoms in total. The number of carbonyl (C=O) groups is 2. The Bertz CT molecular complexity index is 622. The summed E-state index contributed by atoms with van der Waals surface area (Å²) < 4.78 is 0. The number of carbonyl (C=O) groups excluding carboxylic acids is 2. The third kappa shape index (κ3) is 4.40. The third-order valence-corrected chi connectivity index (χ3v) is 6.62. The van der Waals surface area contributed by atoms with Gasteiger partial charge in [-0.25, -0.2) is 4.98 Å². The van der Waals surface area contributed by atoms with Crippen LogP contribution in [0.3, 0.4) is 0 Å². The van der Waals surface area contributed by atoms with Gasteiger partial charge >= 0.3 is 0 Å². The van der Waals surface area contributed by atoms with Gasteiger partial charge in [-0.2, -0.15) is 0 Å². The molecule has 2 aliphatic rings. The van der Waals surface area contributed by atoms with Crippen LogP contribution in [0.5, 0.6) is 0 Å². The number of aromatic nitrogens is 1. The SMILES string of the molecule is CCCc1nc(C)c(CNC(=O)[C@H]2CCC(=O)N(C3CCCC3)C2)s1. The highest BCUT2D eigenvalue weighted by Gasteiger charge is 2.35. The number of thiazole rings is 1. The first kappa shape index (κ1) is 18.4. The van der Waals surface area contributed by atoms with E-state index in [4.69, 9.17) is 0 Å². The van der Waals surface area contributed by atoms with Crippen molar-refractivity contribution in [1.29, 1.82) is 0 Å². The molecule has 25 heavy (non-hydrogen) atoms. The van der Waals surface area contributed by atoms with Crippen molar-refractivity contribution < 1.29 is 9.59 Å². The van der Waals surface area contributed by atoms with Gasteiger partial charge in [0, 0.05) is 23.9 Å². The van der Waals surface area contributed by atoms with E-state index < -0.39 is 0 Å². The van der Waals surface area contributed by atoms with Crippen LogP contribution in [-0.4, -0.2) is 34.3 Å². The monoisotopic (exact) mass is 363 g/mol. The molecule has 2 heterocycles. The van der Waals surface area contributed by atoms with Crippen LogP contribution >= 0.6 is 11.3 Å². The average molecular weight is 364 g/mol. The summed E-state index contributed by atoms with van der Waals surface area (Å²) >= 11 is 1.70. The number of rotatable bonds is 6. The Balaban J connectivity index is 1.55. The van der Waals surface area contributed by atoms with Crippen LogP contribution in [0.1, 0.15) is 67.4 Å². The number of hydrogen-bond donors (Lipinski definition) is 1. The Kier molecular flexibility index (Phi) is 6.10. The Hall–Kier alpha value is -1.43. The molecule has 1 aromatic heterocycles. The van der Waals surface area contributed by atoms with Gasteiger partial charge < -0.3 is 10.2 Å². The van der Waals surface area contributed by atoms with Crippen molar-refractivity contribution in [3.63, 3.8) is 0 Å². The second-order valence-corrected chi connectivity index (χ2v) is 8.47. The minimum absolute atomic E-state index is 0.0679. The molecule has 1 aliphatic carbocycles. The molecule has 0 bridgehead atoms. The van der Waals surface area contributed by atoms with Crippen molar-refractivity contribution in [2.75, 3.05) is 6.54 Å². The van der Waals surface area contributed by atoms with E-state index in [2.05, 4.69) is 17.2 Å². The van der Waals surface area contributed by atoms with Gasteiger partial charge in [0.25, 0.3) is 0 Å². The molecule has 2 amide bonds. The predicted octanol–water partition coefficient (Wildman–Crippen LogP) is 3.20. The maximum Gasteiger partial charge on any atom is 0.225 e. The second-order valence-electron chi connectivity index (χ2n) is 7.30. The van der Waals surface area contributed by atoms with Crippen LogP contribution in [0.25, 0.3) is 0 Å². The molecule has 138 valence electrons. The quantitative estimate of drug-likeness (QED) is 0.844. The maximum absolute atomic E-state index is 12.6. The van der Waals surface area contributed by atoms with Gasteiger partial charge in [0.15, 0.2) is 0 Å². The van der Waals surface area contributed by atoms with Gasteiger partial charge in [-0.15, -0.1) is 11.3 Å². The zero-order valence-corrected chi connectivity index (χ0v) is 16.2. The maximum atomic E-state index is 12.6. The van der Waals surface area contributed by atoms with E-state index in [1.807, 2.05) is 11.8 Å². The second kappa shape index (κ2) is 8.30. The van der Waals surface area contributed by atoms with E-state index in [1.54, 1.807) is 11.3 Å². The fraction of sp³-hybridized carbons (Fsp3) is 0.737. The minimum Gasteiger partial charge on any atom is -0.351 e. The van der Waals surface area contributed by atoms with Crippen molar-refractivity contribution in [1.82, 2.24) is 15.2 Å². The number of piperidine rings is 1. The summed E-state index contributed by atoms with van der Waals surface area (Å²) in [4.78, 5) is 32.6. The van der Waals surface area contributed by atoms with Crippen molar-refractivity contribution in [2.45, 2.75) is 77.8 Å². The third-order valence-electron chi connectivity index (χ3n) is 5.40. The van der Waals surface area contributed by atoms with Crippen LogP contribution in [0.2, 0.25) is 0 Å². The highest BCUT2D eigenvalue weighted by atomic mass is 32.1. The molecule has 0 spiro atoms. The highest BCUT2D eigenvalue weighted by molar-refractivity contribution is 7.11. The Labute approximate surface area is 154 Å². The van der Waals surface area contributed by atoms with Gasteiger partial charge in [-0.05, 0) is 39.0 Å². The van der Waals surface area contributed by atoms with Crippen LogP contribution < -0.4 is 5.32 Å². The van der Waals surface area contributed by atoms with Crippen molar-refractivity contribution in [3.05, 3.63) is 15.6 Å². The van der Waals surface area contributed by atoms with E-state index in [-0.39, 0.29) is 17.7 Å². The highest BCUT2D eigenvalue weighted by Crippen LogP contribution is 2.29. The van der Waals surface area contributed by atoms with E-state index >= 15 is 0 Å². The van der Waals surface area contributed by atoms with Gasteiger partial charge in [-0.1, -0.05) is 19.8 Å². The van der Waals surface area contributed by atoms with Gasteiger partial charge in [0.1, 0.15) is 0 Å². The molecule has 0 unspecified atom stereocenters. The van der Waals surface area contributed by atoms with Gasteiger partial charge in [-0.3, -0.25) is 9.59 Å². The van der Waals surface area contributed by atoms with Gasteiger partial charge in [0.2, 0.25) is 11.8 Å². The molecule has 0 radical (unpaired) electrons. The van der Waals surface area contributed by atoms with Gasteiger partial charge in [0.05, 0.1) is 23.2 Å². The van der Waals surface area contributed by atoms with E-state index in [0.717, 1.165) is 41.3 Å². The molecule has 1 aromatic rings. The molecule has 1 aliphatic heterocycles. The number of hydrogen-bond acceptors (Lipinski definition) is 4. The molecule has 2 fully saturated rings. The number of likely N-dealkylation sites (tertiary alicyclic amines) is 1. The fourth-order valence-electron chi connectivity index (χ4n) is 3.94. The topological polar surface area (TPSA) is 62.3 Å². The molecule has 6 heteroatoms. The van der Waals surface area contributed by atoms with Crippen LogP contribution in [0.4, 0.5) is 0 Å². The first-order chi connectivity index (χ1) is 12.1. The van der Waals surface area contributed by atoms with E-state index in [1.165, 1.54) is 12.8 Å². The number of nitrogens with one attached hydrogen (secondary N) is 1. The molecule has 1 N–H and O–H groups in total. The minimum atomic E-state index is -0.0679. The number of amides is 2. The summed E-state index contributed by atoms with van der Waals surface area (Å²) in [5.74, 6) is 0.250. The van der Waals surface area contributed by atoms with E-state index in [9.17, 15) is 9.59 Å². The molecular weight excluding hydrogens is 334 g/mol. The van der Waals surface area contributed by atoms with Crippen molar-refractivity contribution >= 4 is 23.2 Å². The Morgan fingerprint density at radius 3 is 2.80 bits per heavy atom. The predicted molar refractivity (Wildman–Crippen MR) is 99.4 cm³/mol. The largest absolute Gasteiger partial charge is 0.351 e. The summed E-state index contributed by atoms with van der Waals surface area (Å²) in [6.07, 6.45) is 7.88. The number of nitrogens with zero attached hydrogens (tertiary/aromatic N) is 2. The fourth-order valence-corrected chi connectivity index (χ4v) is 5.05. The Morgan fingerprint density at radius 2 is 2.08 bits per heavy atom. The molecular formula is C19H29N3O2S. The van der Waals surface area contributed by atoms with Crippen LogP contribution in [-0.2, 0) is 22.6 Å². The summed E-state index contributed by atoms with van der Waals surface area (Å²) in [6, 6.07) is 0.364. The molecule has 1 atom stereocenters. The first-order valence-electron chi connectivity index (χ1n) is 9.60. The lowest BCUT2D eigenvalue weighted by Crippen LogP contribution is -2.49. The summed E-state index contributed by atoms with van der Waals surface area (Å²) in [5.41, 5.74) is 1.03. The van der Waals surface area contributed by atoms with Crippen LogP contribution in [0, 0.1) is 12.8 Å². The Morgan fingerprint density at radius 1 is 1.32 bits per heavy atom. The molecule has 3 rings (SSSR count). The van der Waals surface area contributed by atoms with E-state index in [0.29, 0.717) is 32.0 Å². The lowest BCUT2D eigenvalue weighted by Gasteiger charge is -2.36. The standard InChI is InChI=1S/C19H29N3O2S/c1-3-6-17-21-13(2)16(25-17)11-20-19(24)14-9-10-18(23)22(12-14)15-7-4-5-8-15/h14-15H,3-12H2,1-2H3,(H,20,24)/t14-/m0/s1.